The van der Waals surface area contributed by atoms with Gasteiger partial charge in [-0.15, -0.1) is 11.3 Å². The third kappa shape index (κ3) is 4.92. The Balaban J connectivity index is 1.61. The van der Waals surface area contributed by atoms with Crippen LogP contribution in [0.3, 0.4) is 0 Å². The molecule has 2 aromatic carbocycles. The summed E-state index contributed by atoms with van der Waals surface area (Å²) >= 11 is 1.46. The summed E-state index contributed by atoms with van der Waals surface area (Å²) in [6, 6.07) is 16.0. The number of aromatic nitrogens is 2. The van der Waals surface area contributed by atoms with Crippen LogP contribution < -0.4 is 10.2 Å². The van der Waals surface area contributed by atoms with Gasteiger partial charge >= 0.3 is 5.97 Å². The first kappa shape index (κ1) is 24.2. The van der Waals surface area contributed by atoms with Crippen LogP contribution in [0.1, 0.15) is 36.7 Å². The molecule has 0 radical (unpaired) electrons. The van der Waals surface area contributed by atoms with Crippen molar-refractivity contribution in [3.8, 4) is 11.1 Å². The summed E-state index contributed by atoms with van der Waals surface area (Å²) in [4.78, 5) is 25.3. The highest BCUT2D eigenvalue weighted by Crippen LogP contribution is 2.39. The number of thiophene rings is 1. The van der Waals surface area contributed by atoms with Crippen molar-refractivity contribution in [2.45, 2.75) is 39.9 Å². The van der Waals surface area contributed by atoms with Gasteiger partial charge in [-0.3, -0.25) is 0 Å². The Morgan fingerprint density at radius 2 is 1.75 bits per heavy atom. The van der Waals surface area contributed by atoms with Gasteiger partial charge in [0, 0.05) is 24.0 Å². The van der Waals surface area contributed by atoms with Gasteiger partial charge in [-0.1, -0.05) is 42.0 Å². The predicted molar refractivity (Wildman–Crippen MR) is 145 cm³/mol. The summed E-state index contributed by atoms with van der Waals surface area (Å²) in [5.74, 6) is 0.995. The van der Waals surface area contributed by atoms with Crippen molar-refractivity contribution >= 4 is 45.0 Å². The van der Waals surface area contributed by atoms with Crippen molar-refractivity contribution in [2.75, 3.05) is 29.9 Å². The van der Waals surface area contributed by atoms with Crippen molar-refractivity contribution in [3.63, 3.8) is 0 Å². The predicted octanol–water partition coefficient (Wildman–Crippen LogP) is 6.20. The SMILES string of the molecule is CCOC(=O)c1c(-c2ccc(C)cc2)csc1Nc1nc2ccccc2nc1N1C[C@H](C)O[C@@H](C)C1. The number of carbonyl (C=O) groups excluding carboxylic acids is 1. The van der Waals surface area contributed by atoms with Crippen LogP contribution in [-0.2, 0) is 9.47 Å². The fourth-order valence-electron chi connectivity index (χ4n) is 4.55. The van der Waals surface area contributed by atoms with Crippen LogP contribution in [-0.4, -0.2) is 47.8 Å². The summed E-state index contributed by atoms with van der Waals surface area (Å²) < 4.78 is 11.4. The normalized spacial score (nSPS) is 17.8. The van der Waals surface area contributed by atoms with Gasteiger partial charge in [0.05, 0.1) is 29.8 Å². The van der Waals surface area contributed by atoms with Crippen LogP contribution in [0.2, 0.25) is 0 Å². The van der Waals surface area contributed by atoms with Crippen molar-refractivity contribution in [1.29, 1.82) is 0 Å². The number of aryl methyl sites for hydroxylation is 1. The van der Waals surface area contributed by atoms with E-state index in [4.69, 9.17) is 19.4 Å². The minimum absolute atomic E-state index is 0.0693. The number of nitrogens with one attached hydrogen (secondary N) is 1. The number of hydrogen-bond donors (Lipinski definition) is 1. The maximum absolute atomic E-state index is 13.1. The smallest absolute Gasteiger partial charge is 0.341 e. The summed E-state index contributed by atoms with van der Waals surface area (Å²) in [6.07, 6.45) is 0.139. The molecular weight excluding hydrogens is 472 g/mol. The third-order valence-corrected chi connectivity index (χ3v) is 7.03. The number of fused-ring (bicyclic) bond motifs is 1. The molecule has 1 N–H and O–H groups in total. The van der Waals surface area contributed by atoms with Crippen LogP contribution in [0.4, 0.5) is 16.6 Å². The van der Waals surface area contributed by atoms with E-state index >= 15 is 0 Å². The van der Waals surface area contributed by atoms with Crippen molar-refractivity contribution in [3.05, 3.63) is 65.0 Å². The zero-order valence-corrected chi connectivity index (χ0v) is 21.8. The Morgan fingerprint density at radius 1 is 1.08 bits per heavy atom. The lowest BCUT2D eigenvalue weighted by atomic mass is 10.0. The first-order valence-corrected chi connectivity index (χ1v) is 13.1. The number of morpholine rings is 1. The lowest BCUT2D eigenvalue weighted by Gasteiger charge is -2.36. The van der Waals surface area contributed by atoms with Crippen molar-refractivity contribution in [2.24, 2.45) is 0 Å². The molecule has 0 bridgehead atoms. The first-order chi connectivity index (χ1) is 17.4. The second kappa shape index (κ2) is 10.2. The summed E-state index contributed by atoms with van der Waals surface area (Å²) in [6.45, 7) is 9.70. The van der Waals surface area contributed by atoms with Gasteiger partial charge < -0.3 is 19.7 Å². The highest BCUT2D eigenvalue weighted by molar-refractivity contribution is 7.15. The molecule has 4 aromatic rings. The standard InChI is InChI=1S/C28H30N4O3S/c1-5-34-28(33)24-21(20-12-10-17(2)11-13-20)16-36-27(24)31-25-26(32-14-18(3)35-19(4)15-32)30-23-9-7-6-8-22(23)29-25/h6-13,16,18-19H,5,14-15H2,1-4H3,(H,29,31)/t18-,19-/m0/s1. The second-order valence-corrected chi connectivity index (χ2v) is 9.99. The van der Waals surface area contributed by atoms with Gasteiger partial charge in [0.15, 0.2) is 11.6 Å². The molecule has 5 rings (SSSR count). The molecule has 1 aliphatic heterocycles. The van der Waals surface area contributed by atoms with Crippen LogP contribution in [0.5, 0.6) is 0 Å². The number of nitrogens with zero attached hydrogens (tertiary/aromatic N) is 3. The number of esters is 1. The van der Waals surface area contributed by atoms with Gasteiger partial charge in [0.2, 0.25) is 0 Å². The molecule has 0 spiro atoms. The number of para-hydroxylation sites is 2. The minimum atomic E-state index is -0.360. The van der Waals surface area contributed by atoms with E-state index < -0.39 is 0 Å². The maximum Gasteiger partial charge on any atom is 0.341 e. The van der Waals surface area contributed by atoms with E-state index in [9.17, 15) is 4.79 Å². The molecule has 0 saturated carbocycles. The molecule has 0 aliphatic carbocycles. The Morgan fingerprint density at radius 3 is 2.42 bits per heavy atom. The lowest BCUT2D eigenvalue weighted by Crippen LogP contribution is -2.46. The van der Waals surface area contributed by atoms with E-state index in [1.165, 1.54) is 11.3 Å². The Bertz CT molecular complexity index is 1380. The van der Waals surface area contributed by atoms with Gasteiger partial charge in [0.1, 0.15) is 10.6 Å². The molecule has 1 saturated heterocycles. The van der Waals surface area contributed by atoms with Crippen molar-refractivity contribution < 1.29 is 14.3 Å². The quantitative estimate of drug-likeness (QED) is 0.315. The fourth-order valence-corrected chi connectivity index (χ4v) is 5.51. The Hall–Kier alpha value is -3.49. The molecule has 2 atom stereocenters. The molecule has 8 heteroatoms. The number of rotatable bonds is 6. The summed E-state index contributed by atoms with van der Waals surface area (Å²) in [7, 11) is 0. The molecular formula is C28H30N4O3S. The van der Waals surface area contributed by atoms with Gasteiger partial charge in [-0.25, -0.2) is 14.8 Å². The van der Waals surface area contributed by atoms with Crippen molar-refractivity contribution in [1.82, 2.24) is 9.97 Å². The van der Waals surface area contributed by atoms with E-state index in [1.807, 2.05) is 67.8 Å². The average molecular weight is 503 g/mol. The minimum Gasteiger partial charge on any atom is -0.462 e. The highest BCUT2D eigenvalue weighted by atomic mass is 32.1. The number of anilines is 3. The average Bonchev–Trinajstić information content (AvgIpc) is 3.27. The summed E-state index contributed by atoms with van der Waals surface area (Å²) in [5, 5.41) is 6.14. The second-order valence-electron chi connectivity index (χ2n) is 9.11. The monoisotopic (exact) mass is 502 g/mol. The van der Waals surface area contributed by atoms with Crippen LogP contribution in [0, 0.1) is 6.92 Å². The highest BCUT2D eigenvalue weighted by Gasteiger charge is 2.28. The van der Waals surface area contributed by atoms with Gasteiger partial charge in [-0.2, -0.15) is 0 Å². The topological polar surface area (TPSA) is 76.6 Å². The van der Waals surface area contributed by atoms with E-state index in [1.54, 1.807) is 0 Å². The Kier molecular flexibility index (Phi) is 6.89. The molecule has 2 aromatic heterocycles. The first-order valence-electron chi connectivity index (χ1n) is 12.2. The van der Waals surface area contributed by atoms with Crippen LogP contribution >= 0.6 is 11.3 Å². The molecule has 0 unspecified atom stereocenters. The molecule has 3 heterocycles. The summed E-state index contributed by atoms with van der Waals surface area (Å²) in [5.41, 5.74) is 5.08. The fraction of sp³-hybridized carbons (Fsp3) is 0.321. The zero-order chi connectivity index (χ0) is 25.2. The molecule has 1 fully saturated rings. The molecule has 1 aliphatic rings. The number of hydrogen-bond acceptors (Lipinski definition) is 8. The molecule has 186 valence electrons. The molecule has 36 heavy (non-hydrogen) atoms. The number of ether oxygens (including phenoxy) is 2. The van der Waals surface area contributed by atoms with Gasteiger partial charge in [-0.05, 0) is 45.4 Å². The van der Waals surface area contributed by atoms with E-state index in [0.717, 1.165) is 33.5 Å². The third-order valence-electron chi connectivity index (χ3n) is 6.14. The zero-order valence-electron chi connectivity index (χ0n) is 20.9. The van der Waals surface area contributed by atoms with E-state index in [2.05, 4.69) is 24.1 Å². The number of carbonyl (C=O) groups is 1. The number of benzene rings is 2. The Labute approximate surface area is 215 Å². The van der Waals surface area contributed by atoms with Crippen LogP contribution in [0.15, 0.2) is 53.9 Å². The van der Waals surface area contributed by atoms with Gasteiger partial charge in [0.25, 0.3) is 0 Å². The van der Waals surface area contributed by atoms with E-state index in [0.29, 0.717) is 36.1 Å². The molecule has 7 nitrogen and oxygen atoms in total. The maximum atomic E-state index is 13.1. The lowest BCUT2D eigenvalue weighted by molar-refractivity contribution is -0.00541. The molecule has 0 amide bonds. The van der Waals surface area contributed by atoms with E-state index in [-0.39, 0.29) is 18.2 Å². The van der Waals surface area contributed by atoms with Crippen LogP contribution in [0.25, 0.3) is 22.2 Å². The largest absolute Gasteiger partial charge is 0.462 e.